The second-order valence-corrected chi connectivity index (χ2v) is 8.07. The number of nitrogens with one attached hydrogen (secondary N) is 1. The minimum Gasteiger partial charge on any atom is -0.486 e. The first-order valence-electron chi connectivity index (χ1n) is 10.0. The van der Waals surface area contributed by atoms with Gasteiger partial charge in [-0.05, 0) is 37.3 Å². The summed E-state index contributed by atoms with van der Waals surface area (Å²) in [6.45, 7) is 2.59. The highest BCUT2D eigenvalue weighted by atomic mass is 32.1. The molecule has 0 bridgehead atoms. The Morgan fingerprint density at radius 2 is 1.91 bits per heavy atom. The van der Waals surface area contributed by atoms with Crippen molar-refractivity contribution in [1.29, 1.82) is 0 Å². The van der Waals surface area contributed by atoms with Crippen molar-refractivity contribution in [2.75, 3.05) is 18.5 Å². The zero-order chi connectivity index (χ0) is 22.9. The first-order valence-corrected chi connectivity index (χ1v) is 10.9. The molecule has 0 spiro atoms. The van der Waals surface area contributed by atoms with Gasteiger partial charge in [-0.3, -0.25) is 14.9 Å². The molecule has 0 radical (unpaired) electrons. The number of thiazole rings is 1. The number of ether oxygens (including phenoxy) is 2. The Morgan fingerprint density at radius 1 is 1.12 bits per heavy atom. The summed E-state index contributed by atoms with van der Waals surface area (Å²) in [5, 5.41) is 8.79. The van der Waals surface area contributed by atoms with Gasteiger partial charge in [-0.1, -0.05) is 12.1 Å². The van der Waals surface area contributed by atoms with E-state index in [4.69, 9.17) is 9.47 Å². The van der Waals surface area contributed by atoms with Crippen molar-refractivity contribution < 1.29 is 18.7 Å². The molecule has 8 nitrogen and oxygen atoms in total. The molecular weight excluding hydrogens is 447 g/mol. The fourth-order valence-corrected chi connectivity index (χ4v) is 4.11. The lowest BCUT2D eigenvalue weighted by molar-refractivity contribution is 0.101. The van der Waals surface area contributed by atoms with E-state index in [-0.39, 0.29) is 11.4 Å². The average Bonchev–Trinajstić information content (AvgIpc) is 3.28. The third kappa shape index (κ3) is 4.08. The summed E-state index contributed by atoms with van der Waals surface area (Å²) in [5.74, 6) is 0.0560. The number of carbonyl (C=O) groups excluding carboxylic acids is 1. The molecule has 166 valence electrons. The van der Waals surface area contributed by atoms with Crippen molar-refractivity contribution in [3.8, 4) is 28.4 Å². The molecule has 0 aliphatic carbocycles. The topological polar surface area (TPSA) is 95.3 Å². The highest BCUT2D eigenvalue weighted by molar-refractivity contribution is 7.14. The molecule has 0 saturated carbocycles. The summed E-state index contributed by atoms with van der Waals surface area (Å²) < 4.78 is 26.6. The van der Waals surface area contributed by atoms with E-state index in [0.717, 1.165) is 5.56 Å². The zero-order valence-electron chi connectivity index (χ0n) is 17.4. The van der Waals surface area contributed by atoms with Gasteiger partial charge in [0.2, 0.25) is 5.43 Å². The number of aryl methyl sites for hydroxylation is 1. The van der Waals surface area contributed by atoms with E-state index in [1.807, 2.05) is 18.2 Å². The quantitative estimate of drug-likeness (QED) is 0.493. The number of carbonyl (C=O) groups is 1. The van der Waals surface area contributed by atoms with E-state index in [1.54, 1.807) is 24.4 Å². The number of benzene rings is 2. The van der Waals surface area contributed by atoms with Crippen LogP contribution in [-0.2, 0) is 0 Å². The first-order chi connectivity index (χ1) is 16.0. The smallest absolute Gasteiger partial charge is 0.281 e. The van der Waals surface area contributed by atoms with E-state index >= 15 is 0 Å². The molecule has 1 aliphatic heterocycles. The van der Waals surface area contributed by atoms with Crippen LogP contribution in [0.25, 0.3) is 16.9 Å². The molecule has 0 saturated heterocycles. The van der Waals surface area contributed by atoms with Crippen molar-refractivity contribution in [3.63, 3.8) is 0 Å². The van der Waals surface area contributed by atoms with Gasteiger partial charge in [0.25, 0.3) is 5.91 Å². The van der Waals surface area contributed by atoms with Gasteiger partial charge < -0.3 is 9.47 Å². The number of hydrogen-bond acceptors (Lipinski definition) is 7. The van der Waals surface area contributed by atoms with Crippen LogP contribution in [0.5, 0.6) is 11.5 Å². The molecule has 2 aromatic heterocycles. The van der Waals surface area contributed by atoms with E-state index in [9.17, 15) is 14.0 Å². The first kappa shape index (κ1) is 20.8. The van der Waals surface area contributed by atoms with Crippen molar-refractivity contribution in [2.24, 2.45) is 0 Å². The molecule has 4 aromatic rings. The molecule has 2 aromatic carbocycles. The summed E-state index contributed by atoms with van der Waals surface area (Å²) in [7, 11) is 0. The number of halogens is 1. The average molecular weight is 464 g/mol. The van der Waals surface area contributed by atoms with E-state index in [1.165, 1.54) is 34.2 Å². The number of fused-ring (bicyclic) bond motifs is 1. The number of aromatic nitrogens is 3. The maximum atomic E-state index is 14.2. The van der Waals surface area contributed by atoms with Gasteiger partial charge in [0, 0.05) is 22.7 Å². The molecule has 0 atom stereocenters. The van der Waals surface area contributed by atoms with Crippen molar-refractivity contribution in [3.05, 3.63) is 81.3 Å². The fourth-order valence-electron chi connectivity index (χ4n) is 3.39. The van der Waals surface area contributed by atoms with Gasteiger partial charge >= 0.3 is 0 Å². The zero-order valence-corrected chi connectivity index (χ0v) is 18.2. The summed E-state index contributed by atoms with van der Waals surface area (Å²) in [6, 6.07) is 12.7. The van der Waals surface area contributed by atoms with E-state index in [2.05, 4.69) is 15.4 Å². The minimum atomic E-state index is -0.729. The monoisotopic (exact) mass is 464 g/mol. The van der Waals surface area contributed by atoms with Crippen LogP contribution >= 0.6 is 11.3 Å². The second-order valence-electron chi connectivity index (χ2n) is 7.21. The molecule has 1 aliphatic rings. The number of rotatable bonds is 4. The van der Waals surface area contributed by atoms with Gasteiger partial charge in [-0.25, -0.2) is 14.1 Å². The lowest BCUT2D eigenvalue weighted by Gasteiger charge is -2.18. The number of para-hydroxylation sites is 1. The van der Waals surface area contributed by atoms with Crippen LogP contribution in [0, 0.1) is 12.7 Å². The van der Waals surface area contributed by atoms with Gasteiger partial charge in [-0.2, -0.15) is 5.10 Å². The predicted molar refractivity (Wildman–Crippen MR) is 121 cm³/mol. The summed E-state index contributed by atoms with van der Waals surface area (Å²) in [5.41, 5.74) is 1.04. The summed E-state index contributed by atoms with van der Waals surface area (Å²) in [4.78, 5) is 29.7. The molecule has 3 heterocycles. The standard InChI is InChI=1S/C23H17FN4O4S/c1-13-10-18(29)21(27-28(13)17-5-3-2-4-15(17)24)22(30)26-23-25-16(12-33-23)14-6-7-19-20(11-14)32-9-8-31-19/h2-7,10-12H,8-9H2,1H3,(H,25,26,30). The van der Waals surface area contributed by atoms with Crippen molar-refractivity contribution in [2.45, 2.75) is 6.92 Å². The van der Waals surface area contributed by atoms with Gasteiger partial charge in [0.1, 0.15) is 24.7 Å². The highest BCUT2D eigenvalue weighted by Gasteiger charge is 2.19. The second kappa shape index (κ2) is 8.47. The Hall–Kier alpha value is -4.05. The Labute approximate surface area is 191 Å². The third-order valence-corrected chi connectivity index (χ3v) is 5.72. The molecule has 1 amide bonds. The maximum Gasteiger partial charge on any atom is 0.281 e. The number of nitrogens with zero attached hydrogens (tertiary/aromatic N) is 3. The van der Waals surface area contributed by atoms with E-state index in [0.29, 0.717) is 41.2 Å². The highest BCUT2D eigenvalue weighted by Crippen LogP contribution is 2.35. The fraction of sp³-hybridized carbons (Fsp3) is 0.130. The minimum absolute atomic E-state index is 0.138. The molecule has 10 heteroatoms. The van der Waals surface area contributed by atoms with Crippen molar-refractivity contribution >= 4 is 22.4 Å². The lowest BCUT2D eigenvalue weighted by Crippen LogP contribution is -2.27. The van der Waals surface area contributed by atoms with Gasteiger partial charge in [-0.15, -0.1) is 11.3 Å². The third-order valence-electron chi connectivity index (χ3n) is 4.97. The molecule has 1 N–H and O–H groups in total. The lowest BCUT2D eigenvalue weighted by atomic mass is 10.1. The molecule has 0 fully saturated rings. The number of anilines is 1. The van der Waals surface area contributed by atoms with Crippen molar-refractivity contribution in [1.82, 2.24) is 14.8 Å². The summed E-state index contributed by atoms with van der Waals surface area (Å²) >= 11 is 1.21. The van der Waals surface area contributed by atoms with Crippen LogP contribution in [0.2, 0.25) is 0 Å². The van der Waals surface area contributed by atoms with Crippen LogP contribution in [0.3, 0.4) is 0 Å². The molecule has 5 rings (SSSR count). The Morgan fingerprint density at radius 3 is 2.73 bits per heavy atom. The van der Waals surface area contributed by atoms with Crippen LogP contribution in [0.4, 0.5) is 9.52 Å². The maximum absolute atomic E-state index is 14.2. The van der Waals surface area contributed by atoms with E-state index < -0.39 is 17.2 Å². The Kier molecular flexibility index (Phi) is 5.35. The molecular formula is C23H17FN4O4S. The van der Waals surface area contributed by atoms with Gasteiger partial charge in [0.15, 0.2) is 22.3 Å². The largest absolute Gasteiger partial charge is 0.486 e. The van der Waals surface area contributed by atoms with Crippen LogP contribution in [0.15, 0.2) is 58.7 Å². The molecule has 33 heavy (non-hydrogen) atoms. The van der Waals surface area contributed by atoms with Gasteiger partial charge in [0.05, 0.1) is 5.69 Å². The van der Waals surface area contributed by atoms with Crippen LogP contribution in [-0.4, -0.2) is 33.9 Å². The molecule has 0 unspecified atom stereocenters. The number of amides is 1. The normalized spacial score (nSPS) is 12.4. The predicted octanol–water partition coefficient (Wildman–Crippen LogP) is 3.83. The van der Waals surface area contributed by atoms with Crippen LogP contribution < -0.4 is 20.2 Å². The van der Waals surface area contributed by atoms with Crippen LogP contribution in [0.1, 0.15) is 16.2 Å². The SMILES string of the molecule is Cc1cc(=O)c(C(=O)Nc2nc(-c3ccc4c(c3)OCCO4)cs2)nn1-c1ccccc1F. The Balaban J connectivity index is 1.41. The Bertz CT molecular complexity index is 1430. The number of hydrogen-bond donors (Lipinski definition) is 1. The summed E-state index contributed by atoms with van der Waals surface area (Å²) in [6.07, 6.45) is 0.